The molecular weight excluding hydrogens is 254 g/mol. The Bertz CT molecular complexity index is 607. The highest BCUT2D eigenvalue weighted by atomic mass is 16.6. The number of fused-ring (bicyclic) bond motifs is 1. The van der Waals surface area contributed by atoms with E-state index in [4.69, 9.17) is 9.47 Å². The summed E-state index contributed by atoms with van der Waals surface area (Å²) in [6.45, 7) is 4.94. The van der Waals surface area contributed by atoms with Gasteiger partial charge in [-0.05, 0) is 24.6 Å². The van der Waals surface area contributed by atoms with Crippen LogP contribution in [0.4, 0.5) is 0 Å². The molecule has 1 aromatic heterocycles. The maximum atomic E-state index is 5.59. The molecule has 106 valence electrons. The molecule has 0 aliphatic carbocycles. The normalized spacial score (nSPS) is 13.5. The number of aryl methyl sites for hydroxylation is 1. The first kappa shape index (κ1) is 13.0. The Hall–Kier alpha value is -2.01. The number of benzene rings is 1. The van der Waals surface area contributed by atoms with Crippen molar-refractivity contribution in [2.75, 3.05) is 13.2 Å². The van der Waals surface area contributed by atoms with E-state index in [1.54, 1.807) is 0 Å². The van der Waals surface area contributed by atoms with Crippen LogP contribution in [0.2, 0.25) is 0 Å². The van der Waals surface area contributed by atoms with Gasteiger partial charge in [0.05, 0.1) is 6.20 Å². The van der Waals surface area contributed by atoms with Crippen LogP contribution in [0.1, 0.15) is 16.8 Å². The maximum absolute atomic E-state index is 5.59. The molecule has 0 fully saturated rings. The summed E-state index contributed by atoms with van der Waals surface area (Å²) in [5.74, 6) is 1.68. The average molecular weight is 273 g/mol. The molecule has 1 aliphatic rings. The molecule has 1 aromatic carbocycles. The third-order valence-electron chi connectivity index (χ3n) is 3.59. The Morgan fingerprint density at radius 2 is 2.00 bits per heavy atom. The predicted molar refractivity (Wildman–Crippen MR) is 75.9 cm³/mol. The zero-order chi connectivity index (χ0) is 13.9. The summed E-state index contributed by atoms with van der Waals surface area (Å²) < 4.78 is 13.0. The van der Waals surface area contributed by atoms with Gasteiger partial charge < -0.3 is 14.8 Å². The topological polar surface area (TPSA) is 48.3 Å². The fourth-order valence-corrected chi connectivity index (χ4v) is 2.26. The van der Waals surface area contributed by atoms with Gasteiger partial charge in [0.15, 0.2) is 11.5 Å². The van der Waals surface area contributed by atoms with Gasteiger partial charge in [0.1, 0.15) is 13.2 Å². The molecule has 0 bridgehead atoms. The molecule has 2 aromatic rings. The molecule has 2 heterocycles. The Morgan fingerprint density at radius 3 is 2.75 bits per heavy atom. The van der Waals surface area contributed by atoms with E-state index < -0.39 is 0 Å². The lowest BCUT2D eigenvalue weighted by molar-refractivity contribution is 0.171. The van der Waals surface area contributed by atoms with Gasteiger partial charge in [0.2, 0.25) is 0 Å². The van der Waals surface area contributed by atoms with Gasteiger partial charge in [-0.15, -0.1) is 0 Å². The number of ether oxygens (including phenoxy) is 2. The highest BCUT2D eigenvalue weighted by Gasteiger charge is 2.11. The maximum Gasteiger partial charge on any atom is 0.161 e. The highest BCUT2D eigenvalue weighted by molar-refractivity contribution is 5.43. The van der Waals surface area contributed by atoms with Crippen LogP contribution < -0.4 is 14.8 Å². The van der Waals surface area contributed by atoms with Gasteiger partial charge in [-0.2, -0.15) is 5.10 Å². The van der Waals surface area contributed by atoms with Crippen LogP contribution in [0.15, 0.2) is 24.4 Å². The molecule has 0 radical (unpaired) electrons. The van der Waals surface area contributed by atoms with Crippen molar-refractivity contribution in [1.29, 1.82) is 0 Å². The fourth-order valence-electron chi connectivity index (χ4n) is 2.26. The Kier molecular flexibility index (Phi) is 3.60. The zero-order valence-corrected chi connectivity index (χ0v) is 11.8. The Morgan fingerprint density at radius 1 is 1.20 bits per heavy atom. The van der Waals surface area contributed by atoms with Gasteiger partial charge in [0, 0.05) is 31.4 Å². The Labute approximate surface area is 118 Å². The van der Waals surface area contributed by atoms with Crippen molar-refractivity contribution in [2.24, 2.45) is 7.05 Å². The minimum Gasteiger partial charge on any atom is -0.486 e. The fraction of sp³-hybridized carbons (Fsp3) is 0.400. The summed E-state index contributed by atoms with van der Waals surface area (Å²) in [5.41, 5.74) is 3.61. The zero-order valence-electron chi connectivity index (χ0n) is 11.8. The second kappa shape index (κ2) is 5.54. The van der Waals surface area contributed by atoms with Crippen LogP contribution in [-0.2, 0) is 20.1 Å². The first-order valence-corrected chi connectivity index (χ1v) is 6.81. The van der Waals surface area contributed by atoms with E-state index in [9.17, 15) is 0 Å². The van der Waals surface area contributed by atoms with Crippen LogP contribution in [0.25, 0.3) is 0 Å². The molecule has 0 saturated carbocycles. The van der Waals surface area contributed by atoms with E-state index in [0.29, 0.717) is 13.2 Å². The van der Waals surface area contributed by atoms with E-state index in [0.717, 1.165) is 24.6 Å². The van der Waals surface area contributed by atoms with Crippen molar-refractivity contribution in [3.8, 4) is 11.5 Å². The van der Waals surface area contributed by atoms with Crippen molar-refractivity contribution in [1.82, 2.24) is 15.1 Å². The van der Waals surface area contributed by atoms with Crippen molar-refractivity contribution in [3.63, 3.8) is 0 Å². The number of nitrogens with one attached hydrogen (secondary N) is 1. The summed E-state index contributed by atoms with van der Waals surface area (Å²) in [6.07, 6.45) is 1.91. The minimum absolute atomic E-state index is 0.624. The number of aromatic nitrogens is 2. The first-order valence-electron chi connectivity index (χ1n) is 6.81. The van der Waals surface area contributed by atoms with Crippen molar-refractivity contribution in [3.05, 3.63) is 41.2 Å². The van der Waals surface area contributed by atoms with Gasteiger partial charge in [-0.25, -0.2) is 0 Å². The van der Waals surface area contributed by atoms with Gasteiger partial charge in [-0.3, -0.25) is 4.68 Å². The van der Waals surface area contributed by atoms with Crippen molar-refractivity contribution in [2.45, 2.75) is 20.0 Å². The lowest BCUT2D eigenvalue weighted by atomic mass is 10.2. The number of rotatable bonds is 4. The molecule has 5 nitrogen and oxygen atoms in total. The van der Waals surface area contributed by atoms with Gasteiger partial charge in [0.25, 0.3) is 0 Å². The molecule has 20 heavy (non-hydrogen) atoms. The molecule has 0 unspecified atom stereocenters. The molecule has 0 saturated heterocycles. The first-order chi connectivity index (χ1) is 9.74. The summed E-state index contributed by atoms with van der Waals surface area (Å²) in [7, 11) is 1.96. The number of hydrogen-bond acceptors (Lipinski definition) is 4. The van der Waals surface area contributed by atoms with E-state index in [1.807, 2.05) is 30.1 Å². The molecule has 3 rings (SSSR count). The smallest absolute Gasteiger partial charge is 0.161 e. The van der Waals surface area contributed by atoms with Crippen LogP contribution in [0, 0.1) is 6.92 Å². The summed E-state index contributed by atoms with van der Waals surface area (Å²) in [5, 5.41) is 7.67. The van der Waals surface area contributed by atoms with Gasteiger partial charge >= 0.3 is 0 Å². The molecule has 0 atom stereocenters. The van der Waals surface area contributed by atoms with Crippen LogP contribution in [0.5, 0.6) is 11.5 Å². The minimum atomic E-state index is 0.624. The van der Waals surface area contributed by atoms with E-state index >= 15 is 0 Å². The second-order valence-corrected chi connectivity index (χ2v) is 4.96. The van der Waals surface area contributed by atoms with E-state index in [1.165, 1.54) is 16.8 Å². The quantitative estimate of drug-likeness (QED) is 0.922. The Balaban J connectivity index is 1.60. The molecular formula is C15H19N3O2. The molecule has 1 aliphatic heterocycles. The largest absolute Gasteiger partial charge is 0.486 e. The monoisotopic (exact) mass is 273 g/mol. The number of hydrogen-bond donors (Lipinski definition) is 1. The van der Waals surface area contributed by atoms with Crippen LogP contribution in [-0.4, -0.2) is 23.0 Å². The summed E-state index contributed by atoms with van der Waals surface area (Å²) in [4.78, 5) is 0. The van der Waals surface area contributed by atoms with E-state index in [2.05, 4.69) is 23.4 Å². The SMILES string of the molecule is Cc1c(CNCc2ccc3c(c2)OCCO3)cnn1C. The molecule has 0 amide bonds. The summed E-state index contributed by atoms with van der Waals surface area (Å²) >= 11 is 0. The lowest BCUT2D eigenvalue weighted by Crippen LogP contribution is -2.17. The molecule has 1 N–H and O–H groups in total. The standard InChI is InChI=1S/C15H19N3O2/c1-11-13(10-17-18(11)2)9-16-8-12-3-4-14-15(7-12)20-6-5-19-14/h3-4,7,10,16H,5-6,8-9H2,1-2H3. The third-order valence-corrected chi connectivity index (χ3v) is 3.59. The van der Waals surface area contributed by atoms with Crippen LogP contribution >= 0.6 is 0 Å². The molecule has 5 heteroatoms. The molecule has 0 spiro atoms. The second-order valence-electron chi connectivity index (χ2n) is 4.96. The van der Waals surface area contributed by atoms with Crippen molar-refractivity contribution >= 4 is 0 Å². The lowest BCUT2D eigenvalue weighted by Gasteiger charge is -2.19. The highest BCUT2D eigenvalue weighted by Crippen LogP contribution is 2.30. The summed E-state index contributed by atoms with van der Waals surface area (Å²) in [6, 6.07) is 6.08. The average Bonchev–Trinajstić information content (AvgIpc) is 2.79. The number of nitrogens with zero attached hydrogens (tertiary/aromatic N) is 2. The van der Waals surface area contributed by atoms with Gasteiger partial charge in [-0.1, -0.05) is 6.07 Å². The van der Waals surface area contributed by atoms with Crippen LogP contribution in [0.3, 0.4) is 0 Å². The predicted octanol–water partition coefficient (Wildman–Crippen LogP) is 1.79. The third kappa shape index (κ3) is 2.63. The van der Waals surface area contributed by atoms with Crippen molar-refractivity contribution < 1.29 is 9.47 Å². The van der Waals surface area contributed by atoms with E-state index in [-0.39, 0.29) is 0 Å².